The summed E-state index contributed by atoms with van der Waals surface area (Å²) in [5.41, 5.74) is 1.26. The van der Waals surface area contributed by atoms with Crippen molar-refractivity contribution in [1.82, 2.24) is 9.80 Å². The molecule has 7 nitrogen and oxygen atoms in total. The second kappa shape index (κ2) is 8.46. The summed E-state index contributed by atoms with van der Waals surface area (Å²) in [7, 11) is -5.13. The van der Waals surface area contributed by atoms with Crippen LogP contribution >= 0.6 is 12.6 Å². The first-order valence-electron chi connectivity index (χ1n) is 8.93. The van der Waals surface area contributed by atoms with Gasteiger partial charge in [-0.2, -0.15) is 8.42 Å². The van der Waals surface area contributed by atoms with Gasteiger partial charge in [0.15, 0.2) is 5.75 Å². The van der Waals surface area contributed by atoms with E-state index in [-0.39, 0.29) is 11.8 Å². The molecule has 1 fully saturated rings. The number of benzene rings is 1. The summed E-state index contributed by atoms with van der Waals surface area (Å²) in [6, 6.07) is 1.83. The maximum atomic E-state index is 13.1. The normalized spacial score (nSPS) is 16.2. The molecule has 28 heavy (non-hydrogen) atoms. The summed E-state index contributed by atoms with van der Waals surface area (Å²) in [5.74, 6) is -0.0302. The van der Waals surface area contributed by atoms with Gasteiger partial charge in [0.05, 0.1) is 0 Å². The Hall–Kier alpha value is -1.52. The Kier molecular flexibility index (Phi) is 6.88. The largest absolute Gasteiger partial charge is 0.488 e. The zero-order valence-electron chi connectivity index (χ0n) is 16.8. The van der Waals surface area contributed by atoms with Crippen LogP contribution in [0.4, 0.5) is 8.68 Å². The number of halogens is 1. The van der Waals surface area contributed by atoms with Crippen LogP contribution in [0.3, 0.4) is 0 Å². The fourth-order valence-corrected chi connectivity index (χ4v) is 3.68. The summed E-state index contributed by atoms with van der Waals surface area (Å²) in [5, 5.41) is 0. The molecule has 1 aromatic carbocycles. The third-order valence-corrected chi connectivity index (χ3v) is 5.29. The lowest BCUT2D eigenvalue weighted by atomic mass is 10.0. The topological polar surface area (TPSA) is 76.2 Å². The molecule has 0 saturated carbocycles. The van der Waals surface area contributed by atoms with Crippen LogP contribution in [0.2, 0.25) is 0 Å². The smallest absolute Gasteiger partial charge is 0.444 e. The van der Waals surface area contributed by atoms with Gasteiger partial charge in [-0.05, 0) is 51.8 Å². The molecule has 0 atom stereocenters. The van der Waals surface area contributed by atoms with E-state index in [0.717, 1.165) is 5.56 Å². The third-order valence-electron chi connectivity index (χ3n) is 4.46. The average molecular weight is 435 g/mol. The van der Waals surface area contributed by atoms with Crippen molar-refractivity contribution in [2.75, 3.05) is 26.2 Å². The summed E-state index contributed by atoms with van der Waals surface area (Å²) in [6.07, 6.45) is -0.333. The maximum Gasteiger partial charge on any atom is 0.488 e. The molecule has 0 aliphatic carbocycles. The monoisotopic (exact) mass is 434 g/mol. The summed E-state index contributed by atoms with van der Waals surface area (Å²) >= 11 is 4.35. The number of carbonyl (C=O) groups excluding carboxylic acids is 1. The van der Waals surface area contributed by atoms with E-state index in [4.69, 9.17) is 4.74 Å². The molecule has 0 aromatic heterocycles. The lowest BCUT2D eigenvalue weighted by Crippen LogP contribution is -2.49. The predicted molar refractivity (Wildman–Crippen MR) is 107 cm³/mol. The first kappa shape index (κ1) is 22.8. The molecule has 10 heteroatoms. The third kappa shape index (κ3) is 6.25. The molecular weight excluding hydrogens is 407 g/mol. The molecule has 1 aliphatic rings. The van der Waals surface area contributed by atoms with Gasteiger partial charge < -0.3 is 13.8 Å². The van der Waals surface area contributed by atoms with Gasteiger partial charge in [-0.1, -0.05) is 3.89 Å². The number of nitrogens with zero attached hydrogens (tertiary/aromatic N) is 2. The highest BCUT2D eigenvalue weighted by molar-refractivity contribution is 7.81. The van der Waals surface area contributed by atoms with Crippen LogP contribution in [0.25, 0.3) is 0 Å². The Morgan fingerprint density at radius 2 is 1.75 bits per heavy atom. The minimum atomic E-state index is -5.13. The number of rotatable bonds is 4. The van der Waals surface area contributed by atoms with Gasteiger partial charge in [-0.25, -0.2) is 4.79 Å². The lowest BCUT2D eigenvalue weighted by molar-refractivity contribution is 0.0139. The van der Waals surface area contributed by atoms with Crippen LogP contribution in [-0.4, -0.2) is 56.1 Å². The van der Waals surface area contributed by atoms with E-state index < -0.39 is 16.1 Å². The van der Waals surface area contributed by atoms with Crippen molar-refractivity contribution in [3.63, 3.8) is 0 Å². The molecular formula is C18H27FN2O5S2. The maximum absolute atomic E-state index is 13.1. The number of thiol groups is 1. The van der Waals surface area contributed by atoms with Crippen molar-refractivity contribution in [2.45, 2.75) is 51.7 Å². The highest BCUT2D eigenvalue weighted by Crippen LogP contribution is 2.33. The molecule has 0 N–H and O–H groups in total. The van der Waals surface area contributed by atoms with Gasteiger partial charge >= 0.3 is 16.6 Å². The molecule has 1 heterocycles. The first-order valence-corrected chi connectivity index (χ1v) is 10.7. The van der Waals surface area contributed by atoms with Crippen molar-refractivity contribution in [3.8, 4) is 5.75 Å². The van der Waals surface area contributed by atoms with E-state index in [2.05, 4.69) is 21.7 Å². The molecule has 0 unspecified atom stereocenters. The fourth-order valence-electron chi connectivity index (χ4n) is 2.97. The van der Waals surface area contributed by atoms with Crippen molar-refractivity contribution in [3.05, 3.63) is 22.8 Å². The van der Waals surface area contributed by atoms with Crippen LogP contribution in [0.15, 0.2) is 11.0 Å². The summed E-state index contributed by atoms with van der Waals surface area (Å²) < 4.78 is 44.9. The van der Waals surface area contributed by atoms with E-state index in [0.29, 0.717) is 48.7 Å². The zero-order valence-corrected chi connectivity index (χ0v) is 18.5. The second-order valence-corrected chi connectivity index (χ2v) is 9.29. The molecule has 158 valence electrons. The lowest BCUT2D eigenvalue weighted by Gasteiger charge is -2.36. The van der Waals surface area contributed by atoms with Crippen molar-refractivity contribution < 1.29 is 26.0 Å². The van der Waals surface area contributed by atoms with Crippen molar-refractivity contribution in [1.29, 1.82) is 0 Å². The Bertz CT molecular complexity index is 845. The van der Waals surface area contributed by atoms with Gasteiger partial charge in [0.25, 0.3) is 0 Å². The number of amides is 1. The van der Waals surface area contributed by atoms with E-state index >= 15 is 0 Å². The highest BCUT2D eigenvalue weighted by atomic mass is 32.3. The Morgan fingerprint density at radius 3 is 2.25 bits per heavy atom. The van der Waals surface area contributed by atoms with Gasteiger partial charge in [-0.3, -0.25) is 4.90 Å². The standard InChI is InChI=1S/C18H27FN2O5S2/c1-12-14(10-15(27)13(2)16(12)26-28(19,23)24)11-20-6-8-21(9-7-20)17(22)25-18(3,4)5/h10,27H,6-9,11H2,1-5H3. The number of hydrogen-bond donors (Lipinski definition) is 1. The van der Waals surface area contributed by atoms with Gasteiger partial charge in [0.2, 0.25) is 0 Å². The Labute approximate surface area is 171 Å². The molecule has 1 amide bonds. The highest BCUT2D eigenvalue weighted by Gasteiger charge is 2.27. The average Bonchev–Trinajstić information content (AvgIpc) is 2.55. The van der Waals surface area contributed by atoms with E-state index in [1.807, 2.05) is 26.8 Å². The van der Waals surface area contributed by atoms with Crippen LogP contribution < -0.4 is 4.18 Å². The molecule has 0 spiro atoms. The van der Waals surface area contributed by atoms with Crippen LogP contribution in [0.1, 0.15) is 37.5 Å². The first-order chi connectivity index (χ1) is 12.8. The predicted octanol–water partition coefficient (Wildman–Crippen LogP) is 3.24. The minimum Gasteiger partial charge on any atom is -0.444 e. The van der Waals surface area contributed by atoms with Gasteiger partial charge in [0.1, 0.15) is 5.60 Å². The number of hydrogen-bond acceptors (Lipinski definition) is 7. The SMILES string of the molecule is Cc1c(S)cc(CN2CCN(C(=O)OC(C)(C)C)CC2)c(C)c1OS(=O)(=O)F. The van der Waals surface area contributed by atoms with Crippen molar-refractivity contribution in [2.24, 2.45) is 0 Å². The Morgan fingerprint density at radius 1 is 1.18 bits per heavy atom. The van der Waals surface area contributed by atoms with Gasteiger partial charge in [-0.15, -0.1) is 12.6 Å². The molecule has 2 rings (SSSR count). The second-order valence-electron chi connectivity index (χ2n) is 7.85. The van der Waals surface area contributed by atoms with E-state index in [9.17, 15) is 17.1 Å². The summed E-state index contributed by atoms with van der Waals surface area (Å²) in [4.78, 5) is 16.5. The van der Waals surface area contributed by atoms with E-state index in [1.54, 1.807) is 18.7 Å². The van der Waals surface area contributed by atoms with E-state index in [1.165, 1.54) is 0 Å². The van der Waals surface area contributed by atoms with Crippen LogP contribution in [0.5, 0.6) is 5.75 Å². The van der Waals surface area contributed by atoms with Crippen LogP contribution in [0, 0.1) is 13.8 Å². The summed E-state index contributed by atoms with van der Waals surface area (Å²) in [6.45, 7) is 11.6. The number of ether oxygens (including phenoxy) is 1. The number of piperazine rings is 1. The minimum absolute atomic E-state index is 0.0302. The quantitative estimate of drug-likeness (QED) is 0.579. The molecule has 1 aromatic rings. The molecule has 0 radical (unpaired) electrons. The fraction of sp³-hybridized carbons (Fsp3) is 0.611. The Balaban J connectivity index is 2.08. The van der Waals surface area contributed by atoms with Gasteiger partial charge in [0, 0.05) is 43.2 Å². The molecule has 1 aliphatic heterocycles. The molecule has 0 bridgehead atoms. The van der Waals surface area contributed by atoms with Crippen LogP contribution in [-0.2, 0) is 21.8 Å². The number of carbonyl (C=O) groups is 1. The zero-order chi connectivity index (χ0) is 21.3. The molecule has 1 saturated heterocycles. The van der Waals surface area contributed by atoms with Crippen molar-refractivity contribution >= 4 is 29.2 Å².